The van der Waals surface area contributed by atoms with E-state index in [9.17, 15) is 0 Å². The van der Waals surface area contributed by atoms with Crippen LogP contribution in [0.25, 0.3) is 0 Å². The number of hydrogen-bond donors (Lipinski definition) is 0. The van der Waals surface area contributed by atoms with Gasteiger partial charge in [0.25, 0.3) is 0 Å². The van der Waals surface area contributed by atoms with Crippen LogP contribution in [0.2, 0.25) is 3.43 Å². The number of hydrogen-bond acceptors (Lipinski definition) is 1. The molecule has 1 rings (SSSR count). The van der Waals surface area contributed by atoms with Crippen LogP contribution in [-0.2, 0) is 24.6 Å². The minimum atomic E-state index is -1.02. The first-order valence-corrected chi connectivity index (χ1v) is 10.1. The van der Waals surface area contributed by atoms with Gasteiger partial charge in [-0.05, 0) is 0 Å². The van der Waals surface area contributed by atoms with Gasteiger partial charge in [-0.1, -0.05) is 0 Å². The van der Waals surface area contributed by atoms with Crippen molar-refractivity contribution in [3.05, 3.63) is 0 Å². The SMILES string of the molecule is CC1CC[CH]([Hg][C]#N)CC1. The predicted octanol–water partition coefficient (Wildman–Crippen LogP) is 2.55. The Morgan fingerprint density at radius 3 is 2.40 bits per heavy atom. The van der Waals surface area contributed by atoms with Crippen LogP contribution < -0.4 is 0 Å². The third kappa shape index (κ3) is 2.58. The van der Waals surface area contributed by atoms with Crippen LogP contribution in [0.15, 0.2) is 0 Å². The van der Waals surface area contributed by atoms with Crippen LogP contribution in [0.4, 0.5) is 0 Å². The van der Waals surface area contributed by atoms with Crippen LogP contribution in [-0.4, -0.2) is 0 Å². The van der Waals surface area contributed by atoms with Crippen molar-refractivity contribution >= 4 is 0 Å². The molecule has 52 valence electrons. The van der Waals surface area contributed by atoms with Gasteiger partial charge in [0.2, 0.25) is 0 Å². The van der Waals surface area contributed by atoms with E-state index < -0.39 is 24.6 Å². The fourth-order valence-corrected chi connectivity index (χ4v) is 6.09. The molecule has 1 fully saturated rings. The first-order chi connectivity index (χ1) is 4.83. The van der Waals surface area contributed by atoms with Gasteiger partial charge in [0, 0.05) is 0 Å². The molecule has 1 nitrogen and oxygen atoms in total. The molecule has 0 bridgehead atoms. The molecular formula is C8H13HgN. The summed E-state index contributed by atoms with van der Waals surface area (Å²) in [5, 5.41) is 8.53. The van der Waals surface area contributed by atoms with Crippen LogP contribution >= 0.6 is 0 Å². The molecule has 10 heavy (non-hydrogen) atoms. The molecule has 0 aromatic rings. The first kappa shape index (κ1) is 8.52. The van der Waals surface area contributed by atoms with Gasteiger partial charge in [0.05, 0.1) is 0 Å². The Hall–Kier alpha value is 0.425. The molecule has 0 heterocycles. The van der Waals surface area contributed by atoms with Crippen molar-refractivity contribution in [1.29, 1.82) is 5.26 Å². The maximum atomic E-state index is 8.53. The molecule has 0 amide bonds. The second-order valence-corrected chi connectivity index (χ2v) is 10.8. The van der Waals surface area contributed by atoms with E-state index in [-0.39, 0.29) is 0 Å². The normalized spacial score (nSPS) is 32.4. The van der Waals surface area contributed by atoms with Gasteiger partial charge in [-0.3, -0.25) is 0 Å². The molecule has 0 unspecified atom stereocenters. The zero-order chi connectivity index (χ0) is 7.40. The van der Waals surface area contributed by atoms with Crippen LogP contribution in [0.3, 0.4) is 0 Å². The van der Waals surface area contributed by atoms with E-state index >= 15 is 0 Å². The molecule has 0 radical (unpaired) electrons. The number of nitrogens with zero attached hydrogens (tertiary/aromatic N) is 1. The van der Waals surface area contributed by atoms with Gasteiger partial charge in [0.15, 0.2) is 0 Å². The average molecular weight is 324 g/mol. The molecule has 1 aliphatic carbocycles. The topological polar surface area (TPSA) is 23.8 Å². The Morgan fingerprint density at radius 1 is 1.30 bits per heavy atom. The summed E-state index contributed by atoms with van der Waals surface area (Å²) in [4.78, 5) is 0. The standard InChI is InChI=1S/C7H13.CN.Hg/c1-7-5-3-2-4-6-7;1-2;/h2,7H,3-6H2,1H3;;. The van der Waals surface area contributed by atoms with E-state index in [1.165, 1.54) is 25.7 Å². The monoisotopic (exact) mass is 325 g/mol. The van der Waals surface area contributed by atoms with E-state index in [0.717, 1.165) is 9.34 Å². The van der Waals surface area contributed by atoms with E-state index in [1.54, 1.807) is 0 Å². The second kappa shape index (κ2) is 4.33. The predicted molar refractivity (Wildman–Crippen MR) is 37.0 cm³/mol. The fraction of sp³-hybridized carbons (Fsp3) is 0.875. The van der Waals surface area contributed by atoms with E-state index in [4.69, 9.17) is 5.26 Å². The van der Waals surface area contributed by atoms with Crippen molar-refractivity contribution in [1.82, 2.24) is 0 Å². The molecule has 2 heteroatoms. The van der Waals surface area contributed by atoms with Gasteiger partial charge in [-0.15, -0.1) is 0 Å². The quantitative estimate of drug-likeness (QED) is 0.680. The van der Waals surface area contributed by atoms with Gasteiger partial charge in [0.1, 0.15) is 0 Å². The molecule has 1 saturated carbocycles. The Labute approximate surface area is 75.2 Å². The molecule has 0 aromatic heterocycles. The third-order valence-electron chi connectivity index (χ3n) is 2.52. The van der Waals surface area contributed by atoms with Crippen molar-refractivity contribution in [2.75, 3.05) is 0 Å². The summed E-state index contributed by atoms with van der Waals surface area (Å²) < 4.78 is 3.42. The Bertz CT molecular complexity index is 131. The van der Waals surface area contributed by atoms with Crippen LogP contribution in [0.5, 0.6) is 0 Å². The molecule has 0 aromatic carbocycles. The molecular weight excluding hydrogens is 311 g/mol. The average Bonchev–Trinajstić information content (AvgIpc) is 1.95. The van der Waals surface area contributed by atoms with Crippen molar-refractivity contribution in [3.8, 4) is 3.58 Å². The molecule has 0 atom stereocenters. The van der Waals surface area contributed by atoms with Crippen molar-refractivity contribution in [2.24, 2.45) is 5.92 Å². The number of rotatable bonds is 1. The Morgan fingerprint density at radius 2 is 1.90 bits per heavy atom. The molecule has 0 aliphatic heterocycles. The summed E-state index contributed by atoms with van der Waals surface area (Å²) in [6, 6.07) is 0. The summed E-state index contributed by atoms with van der Waals surface area (Å²) >= 11 is -1.02. The van der Waals surface area contributed by atoms with Crippen molar-refractivity contribution < 1.29 is 24.6 Å². The molecule has 1 aliphatic rings. The summed E-state index contributed by atoms with van der Waals surface area (Å²) in [6.45, 7) is 2.33. The van der Waals surface area contributed by atoms with Crippen LogP contribution in [0, 0.1) is 14.8 Å². The molecule has 0 N–H and O–H groups in total. The maximum absolute atomic E-state index is 8.53. The zero-order valence-electron chi connectivity index (χ0n) is 6.64. The van der Waals surface area contributed by atoms with Gasteiger partial charge >= 0.3 is 75.4 Å². The molecule has 0 saturated heterocycles. The summed E-state index contributed by atoms with van der Waals surface area (Å²) in [7, 11) is 0. The van der Waals surface area contributed by atoms with Gasteiger partial charge in [-0.25, -0.2) is 0 Å². The Kier molecular flexibility index (Phi) is 3.69. The van der Waals surface area contributed by atoms with Gasteiger partial charge in [-0.2, -0.15) is 0 Å². The van der Waals surface area contributed by atoms with Gasteiger partial charge < -0.3 is 0 Å². The first-order valence-electron chi connectivity index (χ1n) is 4.20. The van der Waals surface area contributed by atoms with E-state index in [1.807, 2.05) is 0 Å². The zero-order valence-corrected chi connectivity index (χ0v) is 12.1. The minimum absolute atomic E-state index is 0.946. The Balaban J connectivity index is 2.21. The molecule has 0 spiro atoms. The third-order valence-corrected chi connectivity index (χ3v) is 8.64. The van der Waals surface area contributed by atoms with Crippen molar-refractivity contribution in [2.45, 2.75) is 36.0 Å². The fourth-order valence-electron chi connectivity index (χ4n) is 1.66. The van der Waals surface area contributed by atoms with E-state index in [0.29, 0.717) is 0 Å². The number of nitriles is 1. The van der Waals surface area contributed by atoms with Crippen LogP contribution in [0.1, 0.15) is 32.6 Å². The summed E-state index contributed by atoms with van der Waals surface area (Å²) in [5.74, 6) is 0.948. The summed E-state index contributed by atoms with van der Waals surface area (Å²) in [6.07, 6.45) is 5.56. The summed E-state index contributed by atoms with van der Waals surface area (Å²) in [5.41, 5.74) is 0. The van der Waals surface area contributed by atoms with Crippen molar-refractivity contribution in [3.63, 3.8) is 0 Å². The second-order valence-electron chi connectivity index (χ2n) is 3.49. The van der Waals surface area contributed by atoms with E-state index in [2.05, 4.69) is 10.5 Å².